The first-order valence-corrected chi connectivity index (χ1v) is 9.01. The van der Waals surface area contributed by atoms with Crippen molar-refractivity contribution in [2.75, 3.05) is 24.2 Å². The Morgan fingerprint density at radius 1 is 1.35 bits per heavy atom. The van der Waals surface area contributed by atoms with E-state index in [-0.39, 0.29) is 6.04 Å². The van der Waals surface area contributed by atoms with E-state index in [0.29, 0.717) is 22.5 Å². The van der Waals surface area contributed by atoms with Crippen molar-refractivity contribution >= 4 is 15.7 Å². The van der Waals surface area contributed by atoms with Gasteiger partial charge < -0.3 is 10.6 Å². The normalized spacial score (nSPS) is 30.3. The Morgan fingerprint density at radius 2 is 2.15 bits per heavy atom. The van der Waals surface area contributed by atoms with Crippen molar-refractivity contribution in [3.63, 3.8) is 0 Å². The third-order valence-electron chi connectivity index (χ3n) is 4.60. The summed E-state index contributed by atoms with van der Waals surface area (Å²) in [6, 6.07) is 3.55. The third kappa shape index (κ3) is 2.42. The van der Waals surface area contributed by atoms with E-state index in [1.165, 1.54) is 19.1 Å². The summed E-state index contributed by atoms with van der Waals surface area (Å²) >= 11 is 0. The van der Waals surface area contributed by atoms with Gasteiger partial charge in [0.2, 0.25) is 0 Å². The first-order valence-electron chi connectivity index (χ1n) is 7.12. The average Bonchev–Trinajstić information content (AvgIpc) is 2.83. The standard InChI is InChI=1S/C14H21N3O2S/c1-20(18,19)13-6-3-7-16-14(13)17-8-10-4-2-5-12(15)11(10)9-17/h3,6-7,10-12H,2,4-5,8-9,15H2,1H3. The van der Waals surface area contributed by atoms with Crippen molar-refractivity contribution in [3.05, 3.63) is 18.3 Å². The molecule has 2 heterocycles. The topological polar surface area (TPSA) is 76.3 Å². The monoisotopic (exact) mass is 295 g/mol. The number of hydrogen-bond acceptors (Lipinski definition) is 5. The molecule has 1 saturated carbocycles. The van der Waals surface area contributed by atoms with Crippen LogP contribution in [0.5, 0.6) is 0 Å². The molecule has 1 aromatic rings. The van der Waals surface area contributed by atoms with Crippen LogP contribution in [-0.4, -0.2) is 38.8 Å². The van der Waals surface area contributed by atoms with Crippen molar-refractivity contribution in [1.29, 1.82) is 0 Å². The van der Waals surface area contributed by atoms with Gasteiger partial charge in [-0.15, -0.1) is 0 Å². The highest BCUT2D eigenvalue weighted by atomic mass is 32.2. The summed E-state index contributed by atoms with van der Waals surface area (Å²) in [5.74, 6) is 1.64. The molecular weight excluding hydrogens is 274 g/mol. The molecule has 6 heteroatoms. The number of nitrogens with zero attached hydrogens (tertiary/aromatic N) is 2. The molecule has 0 spiro atoms. The highest BCUT2D eigenvalue weighted by molar-refractivity contribution is 7.90. The summed E-state index contributed by atoms with van der Waals surface area (Å²) in [6.45, 7) is 1.70. The highest BCUT2D eigenvalue weighted by Crippen LogP contribution is 2.38. The lowest BCUT2D eigenvalue weighted by Crippen LogP contribution is -2.38. The number of nitrogens with two attached hydrogens (primary N) is 1. The van der Waals surface area contributed by atoms with E-state index in [2.05, 4.69) is 9.88 Å². The highest BCUT2D eigenvalue weighted by Gasteiger charge is 2.40. The maximum Gasteiger partial charge on any atom is 0.179 e. The van der Waals surface area contributed by atoms with Crippen LogP contribution in [0.3, 0.4) is 0 Å². The van der Waals surface area contributed by atoms with Gasteiger partial charge in [0.05, 0.1) is 0 Å². The molecule has 2 N–H and O–H groups in total. The predicted octanol–water partition coefficient (Wildman–Crippen LogP) is 1.05. The molecule has 20 heavy (non-hydrogen) atoms. The second-order valence-corrected chi connectivity index (χ2v) is 8.01. The minimum atomic E-state index is -3.25. The Balaban J connectivity index is 1.92. The molecule has 1 aliphatic heterocycles. The van der Waals surface area contributed by atoms with Crippen LogP contribution in [0.25, 0.3) is 0 Å². The molecule has 2 aliphatic rings. The van der Waals surface area contributed by atoms with Gasteiger partial charge in [0.25, 0.3) is 0 Å². The van der Waals surface area contributed by atoms with Gasteiger partial charge in [-0.3, -0.25) is 0 Å². The fourth-order valence-electron chi connectivity index (χ4n) is 3.60. The van der Waals surface area contributed by atoms with Crippen molar-refractivity contribution in [3.8, 4) is 0 Å². The molecule has 5 nitrogen and oxygen atoms in total. The molecule has 0 bridgehead atoms. The molecular formula is C14H21N3O2S. The zero-order valence-corrected chi connectivity index (χ0v) is 12.5. The molecule has 110 valence electrons. The van der Waals surface area contributed by atoms with Crippen molar-refractivity contribution in [2.45, 2.75) is 30.2 Å². The number of fused-ring (bicyclic) bond motifs is 1. The molecule has 1 aromatic heterocycles. The number of aromatic nitrogens is 1. The second-order valence-electron chi connectivity index (χ2n) is 6.02. The lowest BCUT2D eigenvalue weighted by Gasteiger charge is -2.29. The van der Waals surface area contributed by atoms with Crippen molar-refractivity contribution in [2.24, 2.45) is 17.6 Å². The average molecular weight is 295 g/mol. The van der Waals surface area contributed by atoms with Gasteiger partial charge in [0.15, 0.2) is 9.84 Å². The number of hydrogen-bond donors (Lipinski definition) is 1. The van der Waals surface area contributed by atoms with Crippen LogP contribution in [0.15, 0.2) is 23.2 Å². The maximum atomic E-state index is 11.9. The van der Waals surface area contributed by atoms with Crippen LogP contribution in [0.1, 0.15) is 19.3 Å². The smallest absolute Gasteiger partial charge is 0.179 e. The molecule has 0 aromatic carbocycles. The molecule has 0 amide bonds. The Kier molecular flexibility index (Phi) is 3.46. The van der Waals surface area contributed by atoms with Crippen LogP contribution in [0, 0.1) is 11.8 Å². The van der Waals surface area contributed by atoms with Gasteiger partial charge in [-0.25, -0.2) is 13.4 Å². The fraction of sp³-hybridized carbons (Fsp3) is 0.643. The first kappa shape index (κ1) is 13.8. The molecule has 1 aliphatic carbocycles. The Bertz CT molecular complexity index is 602. The van der Waals surface area contributed by atoms with E-state index >= 15 is 0 Å². The number of sulfone groups is 1. The number of anilines is 1. The van der Waals surface area contributed by atoms with Gasteiger partial charge in [-0.05, 0) is 36.8 Å². The van der Waals surface area contributed by atoms with E-state index < -0.39 is 9.84 Å². The van der Waals surface area contributed by atoms with Gasteiger partial charge in [0.1, 0.15) is 10.7 Å². The molecule has 2 fully saturated rings. The van der Waals surface area contributed by atoms with Crippen LogP contribution >= 0.6 is 0 Å². The SMILES string of the molecule is CS(=O)(=O)c1cccnc1N1CC2CCCC(N)C2C1. The summed E-state index contributed by atoms with van der Waals surface area (Å²) < 4.78 is 23.8. The quantitative estimate of drug-likeness (QED) is 0.882. The zero-order chi connectivity index (χ0) is 14.3. The van der Waals surface area contributed by atoms with E-state index in [1.807, 2.05) is 0 Å². The van der Waals surface area contributed by atoms with Gasteiger partial charge in [0, 0.05) is 31.6 Å². The molecule has 1 saturated heterocycles. The summed E-state index contributed by atoms with van der Waals surface area (Å²) in [5.41, 5.74) is 6.22. The van der Waals surface area contributed by atoms with Gasteiger partial charge in [-0.2, -0.15) is 0 Å². The second kappa shape index (κ2) is 5.00. The van der Waals surface area contributed by atoms with Crippen LogP contribution in [0.2, 0.25) is 0 Å². The van der Waals surface area contributed by atoms with E-state index in [4.69, 9.17) is 5.73 Å². The summed E-state index contributed by atoms with van der Waals surface area (Å²) in [4.78, 5) is 6.75. The minimum Gasteiger partial charge on any atom is -0.355 e. The number of rotatable bonds is 2. The zero-order valence-electron chi connectivity index (χ0n) is 11.7. The fourth-order valence-corrected chi connectivity index (χ4v) is 4.44. The lowest BCUT2D eigenvalue weighted by molar-refractivity contribution is 0.260. The summed E-state index contributed by atoms with van der Waals surface area (Å²) in [5, 5.41) is 0. The van der Waals surface area contributed by atoms with Crippen molar-refractivity contribution < 1.29 is 8.42 Å². The predicted molar refractivity (Wildman–Crippen MR) is 78.4 cm³/mol. The molecule has 0 radical (unpaired) electrons. The molecule has 3 rings (SSSR count). The maximum absolute atomic E-state index is 11.9. The number of pyridine rings is 1. The molecule has 3 unspecified atom stereocenters. The summed E-state index contributed by atoms with van der Waals surface area (Å²) in [6.07, 6.45) is 6.34. The van der Waals surface area contributed by atoms with Crippen LogP contribution < -0.4 is 10.6 Å². The Morgan fingerprint density at radius 3 is 2.85 bits per heavy atom. The van der Waals surface area contributed by atoms with E-state index in [0.717, 1.165) is 19.5 Å². The van der Waals surface area contributed by atoms with Crippen LogP contribution in [0.4, 0.5) is 5.82 Å². The van der Waals surface area contributed by atoms with Crippen LogP contribution in [-0.2, 0) is 9.84 Å². The Hall–Kier alpha value is -1.14. The van der Waals surface area contributed by atoms with E-state index in [9.17, 15) is 8.42 Å². The third-order valence-corrected chi connectivity index (χ3v) is 5.72. The van der Waals surface area contributed by atoms with E-state index in [1.54, 1.807) is 18.3 Å². The summed E-state index contributed by atoms with van der Waals surface area (Å²) in [7, 11) is -3.25. The van der Waals surface area contributed by atoms with Gasteiger partial charge >= 0.3 is 0 Å². The first-order chi connectivity index (χ1) is 9.47. The lowest BCUT2D eigenvalue weighted by atomic mass is 9.78. The Labute approximate surface area is 120 Å². The largest absolute Gasteiger partial charge is 0.355 e. The molecule has 3 atom stereocenters. The minimum absolute atomic E-state index is 0.240. The van der Waals surface area contributed by atoms with Crippen molar-refractivity contribution in [1.82, 2.24) is 4.98 Å². The van der Waals surface area contributed by atoms with Gasteiger partial charge in [-0.1, -0.05) is 6.42 Å².